The van der Waals surface area contributed by atoms with Gasteiger partial charge < -0.3 is 9.15 Å². The van der Waals surface area contributed by atoms with Crippen LogP contribution in [-0.4, -0.2) is 12.9 Å². The van der Waals surface area contributed by atoms with E-state index in [0.29, 0.717) is 47.3 Å². The summed E-state index contributed by atoms with van der Waals surface area (Å²) in [6, 6.07) is 22.0. The van der Waals surface area contributed by atoms with Crippen molar-refractivity contribution >= 4 is 16.6 Å². The number of carbonyl (C=O) groups is 1. The van der Waals surface area contributed by atoms with Crippen LogP contribution >= 0.6 is 0 Å². The van der Waals surface area contributed by atoms with Gasteiger partial charge in [0.25, 0.3) is 0 Å². The average Bonchev–Trinajstić information content (AvgIpc) is 2.94. The van der Waals surface area contributed by atoms with Crippen molar-refractivity contribution in [2.45, 2.75) is 72.6 Å². The fraction of sp³-hybridized carbons (Fsp3) is 0.405. The third-order valence-corrected chi connectivity index (χ3v) is 8.70. The van der Waals surface area contributed by atoms with Crippen molar-refractivity contribution in [3.63, 3.8) is 0 Å². The van der Waals surface area contributed by atoms with Gasteiger partial charge in [0.05, 0.1) is 12.7 Å². The van der Waals surface area contributed by atoms with Gasteiger partial charge in [-0.1, -0.05) is 95.5 Å². The van der Waals surface area contributed by atoms with Gasteiger partial charge in [-0.25, -0.2) is 4.79 Å². The molecule has 5 rings (SSSR count). The van der Waals surface area contributed by atoms with Gasteiger partial charge in [-0.15, -0.1) is 0 Å². The summed E-state index contributed by atoms with van der Waals surface area (Å²) >= 11 is 0. The standard InChI is InChI=1S/C37H42O4/c1-24(2)10-9-18-37(19-17-25(3)4)22-31(38)36-30(21-34(39)41-33(36)23-37)35-29-20-28(26-11-7-6-8-12-26)14-13-27(29)15-16-32(35)40-5/h6-8,11-16,20-21,24-25H,9-10,17-19,22-23H2,1-5H3. The lowest BCUT2D eigenvalue weighted by molar-refractivity contribution is 0.0819. The van der Waals surface area contributed by atoms with Crippen LogP contribution in [0.3, 0.4) is 0 Å². The highest BCUT2D eigenvalue weighted by Gasteiger charge is 2.41. The second-order valence-corrected chi connectivity index (χ2v) is 12.7. The van der Waals surface area contributed by atoms with E-state index in [2.05, 4.69) is 58.0 Å². The van der Waals surface area contributed by atoms with Crippen LogP contribution in [0.1, 0.15) is 82.3 Å². The van der Waals surface area contributed by atoms with E-state index < -0.39 is 5.63 Å². The third-order valence-electron chi connectivity index (χ3n) is 8.70. The van der Waals surface area contributed by atoms with E-state index in [1.54, 1.807) is 7.11 Å². The molecule has 1 unspecified atom stereocenters. The van der Waals surface area contributed by atoms with E-state index in [0.717, 1.165) is 59.6 Å². The van der Waals surface area contributed by atoms with Gasteiger partial charge in [0.2, 0.25) is 0 Å². The Labute approximate surface area is 243 Å². The molecule has 0 aliphatic heterocycles. The highest BCUT2D eigenvalue weighted by atomic mass is 16.5. The molecule has 3 aromatic carbocycles. The van der Waals surface area contributed by atoms with Gasteiger partial charge in [-0.05, 0) is 64.1 Å². The zero-order chi connectivity index (χ0) is 29.1. The zero-order valence-electron chi connectivity index (χ0n) is 25.1. The molecule has 1 aliphatic rings. The van der Waals surface area contributed by atoms with Gasteiger partial charge >= 0.3 is 5.63 Å². The second-order valence-electron chi connectivity index (χ2n) is 12.7. The number of Topliss-reactive ketones (excluding diaryl/α,β-unsaturated/α-hetero) is 1. The molecule has 4 nitrogen and oxygen atoms in total. The fourth-order valence-corrected chi connectivity index (χ4v) is 6.52. The first-order valence-corrected chi connectivity index (χ1v) is 15.1. The molecule has 1 aromatic heterocycles. The van der Waals surface area contributed by atoms with Crippen LogP contribution in [0.4, 0.5) is 0 Å². The summed E-state index contributed by atoms with van der Waals surface area (Å²) in [5.74, 6) is 2.40. The minimum Gasteiger partial charge on any atom is -0.496 e. The molecule has 0 spiro atoms. The Morgan fingerprint density at radius 1 is 0.805 bits per heavy atom. The van der Waals surface area contributed by atoms with Crippen molar-refractivity contribution in [2.24, 2.45) is 17.3 Å². The Morgan fingerprint density at radius 3 is 2.24 bits per heavy atom. The molecule has 0 radical (unpaired) electrons. The minimum atomic E-state index is -0.424. The Bertz CT molecular complexity index is 1600. The molecular formula is C37H42O4. The van der Waals surface area contributed by atoms with E-state index >= 15 is 0 Å². The molecule has 0 bridgehead atoms. The highest BCUT2D eigenvalue weighted by molar-refractivity contribution is 6.10. The Morgan fingerprint density at radius 2 is 1.54 bits per heavy atom. The van der Waals surface area contributed by atoms with Crippen molar-refractivity contribution in [2.75, 3.05) is 7.11 Å². The number of benzene rings is 3. The van der Waals surface area contributed by atoms with Gasteiger partial charge in [0.1, 0.15) is 11.5 Å². The molecule has 1 aliphatic carbocycles. The number of rotatable bonds is 10. The first-order valence-electron chi connectivity index (χ1n) is 15.1. The molecule has 0 fully saturated rings. The van der Waals surface area contributed by atoms with E-state index in [-0.39, 0.29) is 11.2 Å². The Balaban J connectivity index is 1.67. The fourth-order valence-electron chi connectivity index (χ4n) is 6.52. The molecule has 4 aromatic rings. The van der Waals surface area contributed by atoms with Gasteiger partial charge in [0.15, 0.2) is 5.78 Å². The van der Waals surface area contributed by atoms with Crippen LogP contribution in [0.5, 0.6) is 5.75 Å². The lowest BCUT2D eigenvalue weighted by Crippen LogP contribution is -2.34. The number of hydrogen-bond acceptors (Lipinski definition) is 4. The number of ketones is 1. The number of hydrogen-bond donors (Lipinski definition) is 0. The van der Waals surface area contributed by atoms with Crippen molar-refractivity contribution in [1.29, 1.82) is 0 Å². The van der Waals surface area contributed by atoms with Gasteiger partial charge in [-0.3, -0.25) is 4.79 Å². The molecule has 214 valence electrons. The first kappa shape index (κ1) is 28.9. The Kier molecular flexibility index (Phi) is 8.49. The molecule has 1 atom stereocenters. The SMILES string of the molecule is COc1ccc2ccc(-c3ccccc3)cc2c1-c1cc(=O)oc2c1C(=O)CC(CCCC(C)C)(CCC(C)C)C2. The van der Waals surface area contributed by atoms with Gasteiger partial charge in [0, 0.05) is 30.0 Å². The second kappa shape index (κ2) is 12.1. The van der Waals surface area contributed by atoms with E-state index in [9.17, 15) is 9.59 Å². The summed E-state index contributed by atoms with van der Waals surface area (Å²) in [5.41, 5.74) is 3.50. The van der Waals surface area contributed by atoms with E-state index in [1.165, 1.54) is 6.07 Å². The molecule has 0 saturated carbocycles. The van der Waals surface area contributed by atoms with Gasteiger partial charge in [-0.2, -0.15) is 0 Å². The van der Waals surface area contributed by atoms with E-state index in [1.807, 2.05) is 30.3 Å². The maximum absolute atomic E-state index is 14.2. The highest BCUT2D eigenvalue weighted by Crippen LogP contribution is 2.48. The predicted octanol–water partition coefficient (Wildman–Crippen LogP) is 9.51. The van der Waals surface area contributed by atoms with Crippen molar-refractivity contribution in [3.05, 3.63) is 88.5 Å². The topological polar surface area (TPSA) is 56.5 Å². The van der Waals surface area contributed by atoms with E-state index in [4.69, 9.17) is 9.15 Å². The van der Waals surface area contributed by atoms with Crippen molar-refractivity contribution < 1.29 is 13.9 Å². The van der Waals surface area contributed by atoms with Crippen molar-refractivity contribution in [3.8, 4) is 28.0 Å². The maximum atomic E-state index is 14.2. The van der Waals surface area contributed by atoms with Crippen LogP contribution in [0, 0.1) is 17.3 Å². The summed E-state index contributed by atoms with van der Waals surface area (Å²) in [5, 5.41) is 1.96. The molecule has 0 amide bonds. The molecule has 1 heterocycles. The number of ether oxygens (including phenoxy) is 1. The lowest BCUT2D eigenvalue weighted by atomic mass is 9.66. The largest absolute Gasteiger partial charge is 0.496 e. The minimum absolute atomic E-state index is 0.0663. The quantitative estimate of drug-likeness (QED) is 0.197. The summed E-state index contributed by atoms with van der Waals surface area (Å²) in [4.78, 5) is 27.3. The van der Waals surface area contributed by atoms with Crippen molar-refractivity contribution in [1.82, 2.24) is 0 Å². The van der Waals surface area contributed by atoms with Crippen LogP contribution < -0.4 is 10.4 Å². The molecule has 0 saturated heterocycles. The summed E-state index contributed by atoms with van der Waals surface area (Å²) in [6.07, 6.45) is 6.27. The molecule has 41 heavy (non-hydrogen) atoms. The van der Waals surface area contributed by atoms with Crippen LogP contribution in [-0.2, 0) is 6.42 Å². The number of carbonyl (C=O) groups excluding carboxylic acids is 1. The Hall–Kier alpha value is -3.66. The number of fused-ring (bicyclic) bond motifs is 2. The lowest BCUT2D eigenvalue weighted by Gasteiger charge is -2.38. The average molecular weight is 551 g/mol. The summed E-state index contributed by atoms with van der Waals surface area (Å²) < 4.78 is 11.7. The molecular weight excluding hydrogens is 508 g/mol. The predicted molar refractivity (Wildman–Crippen MR) is 168 cm³/mol. The molecule has 4 heteroatoms. The number of methoxy groups -OCH3 is 1. The zero-order valence-corrected chi connectivity index (χ0v) is 25.1. The van der Waals surface area contributed by atoms with Crippen LogP contribution in [0.25, 0.3) is 33.0 Å². The summed E-state index contributed by atoms with van der Waals surface area (Å²) in [6.45, 7) is 8.95. The van der Waals surface area contributed by atoms with Crippen LogP contribution in [0.15, 0.2) is 75.9 Å². The summed E-state index contributed by atoms with van der Waals surface area (Å²) in [7, 11) is 1.64. The molecule has 0 N–H and O–H groups in total. The van der Waals surface area contributed by atoms with Crippen LogP contribution in [0.2, 0.25) is 0 Å². The smallest absolute Gasteiger partial charge is 0.336 e. The normalized spacial score (nSPS) is 16.9. The maximum Gasteiger partial charge on any atom is 0.336 e. The third kappa shape index (κ3) is 6.17. The monoisotopic (exact) mass is 550 g/mol. The first-order chi connectivity index (χ1) is 19.7.